The molecule has 1 N–H and O–H groups in total. The Labute approximate surface area is 186 Å². The van der Waals surface area contributed by atoms with Gasteiger partial charge in [-0.2, -0.15) is 0 Å². The highest BCUT2D eigenvalue weighted by Crippen LogP contribution is 2.37. The van der Waals surface area contributed by atoms with Crippen LogP contribution in [0.3, 0.4) is 0 Å². The number of aliphatic imine (C=N–C) groups is 1. The third-order valence-corrected chi connectivity index (χ3v) is 5.98. The standard InChI is InChI=1S/C24H22ClN3OS/c1-17-13-14-28(16-26-17)22-12-11-18(15-23(22)29-2)27-30-24-10-6-4-8-20(24)19-7-3-5-9-21(19)25/h3-17,27H,1-2H3. The smallest absolute Gasteiger partial charge is 0.144 e. The first-order valence-corrected chi connectivity index (χ1v) is 10.8. The third kappa shape index (κ3) is 4.48. The molecular weight excluding hydrogens is 414 g/mol. The summed E-state index contributed by atoms with van der Waals surface area (Å²) < 4.78 is 9.05. The highest BCUT2D eigenvalue weighted by atomic mass is 35.5. The quantitative estimate of drug-likeness (QED) is 0.428. The molecule has 30 heavy (non-hydrogen) atoms. The van der Waals surface area contributed by atoms with E-state index in [0.29, 0.717) is 0 Å². The van der Waals surface area contributed by atoms with Gasteiger partial charge in [0.2, 0.25) is 0 Å². The molecule has 152 valence electrons. The number of benzene rings is 3. The summed E-state index contributed by atoms with van der Waals surface area (Å²) in [5.74, 6) is 0.769. The van der Waals surface area contributed by atoms with Crippen molar-refractivity contribution in [1.82, 2.24) is 0 Å². The molecule has 0 spiro atoms. The second kappa shape index (κ2) is 9.28. The average molecular weight is 436 g/mol. The predicted octanol–water partition coefficient (Wildman–Crippen LogP) is 6.89. The minimum atomic E-state index is 0.197. The lowest BCUT2D eigenvalue weighted by atomic mass is 10.1. The molecule has 0 bridgehead atoms. The molecule has 0 fully saturated rings. The molecular formula is C24H22ClN3OS. The first-order valence-electron chi connectivity index (χ1n) is 9.60. The number of methoxy groups -OCH3 is 1. The monoisotopic (exact) mass is 435 g/mol. The Morgan fingerprint density at radius 2 is 1.80 bits per heavy atom. The van der Waals surface area contributed by atoms with E-state index in [1.165, 1.54) is 0 Å². The Morgan fingerprint density at radius 1 is 1.03 bits per heavy atom. The molecule has 1 heterocycles. The minimum absolute atomic E-state index is 0.197. The van der Waals surface area contributed by atoms with Crippen LogP contribution in [0, 0.1) is 0 Å². The van der Waals surface area contributed by atoms with Crippen molar-refractivity contribution in [2.75, 3.05) is 16.7 Å². The van der Waals surface area contributed by atoms with Gasteiger partial charge < -0.3 is 14.4 Å². The summed E-state index contributed by atoms with van der Waals surface area (Å²) >= 11 is 7.97. The van der Waals surface area contributed by atoms with E-state index < -0.39 is 0 Å². The zero-order valence-electron chi connectivity index (χ0n) is 16.7. The normalized spacial score (nSPS) is 15.3. The number of hydrogen-bond donors (Lipinski definition) is 1. The summed E-state index contributed by atoms with van der Waals surface area (Å²) in [6.07, 6.45) is 5.88. The van der Waals surface area contributed by atoms with Crippen LogP contribution in [-0.2, 0) is 0 Å². The van der Waals surface area contributed by atoms with Crippen molar-refractivity contribution in [1.29, 1.82) is 0 Å². The van der Waals surface area contributed by atoms with Crippen LogP contribution in [0.1, 0.15) is 6.92 Å². The van der Waals surface area contributed by atoms with Crippen LogP contribution >= 0.6 is 23.5 Å². The fourth-order valence-electron chi connectivity index (χ4n) is 3.15. The molecule has 6 heteroatoms. The zero-order chi connectivity index (χ0) is 20.9. The van der Waals surface area contributed by atoms with Crippen molar-refractivity contribution < 1.29 is 4.74 Å². The Kier molecular flexibility index (Phi) is 6.31. The fourth-order valence-corrected chi connectivity index (χ4v) is 4.18. The minimum Gasteiger partial charge on any atom is -0.494 e. The maximum Gasteiger partial charge on any atom is 0.144 e. The number of halogens is 1. The number of ether oxygens (including phenoxy) is 1. The zero-order valence-corrected chi connectivity index (χ0v) is 18.3. The second-order valence-corrected chi connectivity index (χ2v) is 8.08. The molecule has 3 aromatic carbocycles. The van der Waals surface area contributed by atoms with Crippen molar-refractivity contribution in [3.05, 3.63) is 84.0 Å². The van der Waals surface area contributed by atoms with Crippen molar-refractivity contribution in [2.45, 2.75) is 17.9 Å². The second-order valence-electron chi connectivity index (χ2n) is 6.82. The largest absolute Gasteiger partial charge is 0.494 e. The van der Waals surface area contributed by atoms with Gasteiger partial charge in [-0.25, -0.2) is 0 Å². The lowest BCUT2D eigenvalue weighted by Crippen LogP contribution is -2.19. The molecule has 0 aliphatic carbocycles. The van der Waals surface area contributed by atoms with Crippen molar-refractivity contribution in [3.8, 4) is 16.9 Å². The summed E-state index contributed by atoms with van der Waals surface area (Å²) in [6, 6.07) is 22.3. The van der Waals surface area contributed by atoms with Gasteiger partial charge in [-0.05, 0) is 54.8 Å². The molecule has 0 aromatic heterocycles. The van der Waals surface area contributed by atoms with Gasteiger partial charge in [0.1, 0.15) is 5.75 Å². The van der Waals surface area contributed by atoms with E-state index in [1.54, 1.807) is 19.1 Å². The van der Waals surface area contributed by atoms with E-state index in [0.717, 1.165) is 38.2 Å². The molecule has 1 unspecified atom stereocenters. The summed E-state index contributed by atoms with van der Waals surface area (Å²) in [5, 5.41) is 0.738. The van der Waals surface area contributed by atoms with E-state index in [4.69, 9.17) is 16.3 Å². The number of nitrogens with one attached hydrogen (secondary N) is 1. The summed E-state index contributed by atoms with van der Waals surface area (Å²) in [7, 11) is 1.68. The average Bonchev–Trinajstić information content (AvgIpc) is 2.79. The van der Waals surface area contributed by atoms with Gasteiger partial charge >= 0.3 is 0 Å². The molecule has 1 aliphatic rings. The lowest BCUT2D eigenvalue weighted by molar-refractivity contribution is 0.416. The molecule has 0 amide bonds. The van der Waals surface area contributed by atoms with Gasteiger partial charge in [0.15, 0.2) is 0 Å². The molecule has 4 nitrogen and oxygen atoms in total. The van der Waals surface area contributed by atoms with Crippen LogP contribution < -0.4 is 14.4 Å². The highest BCUT2D eigenvalue weighted by molar-refractivity contribution is 8.00. The predicted molar refractivity (Wildman–Crippen MR) is 129 cm³/mol. The molecule has 1 aliphatic heterocycles. The summed E-state index contributed by atoms with van der Waals surface area (Å²) in [5.41, 5.74) is 3.99. The van der Waals surface area contributed by atoms with E-state index in [1.807, 2.05) is 85.0 Å². The summed E-state index contributed by atoms with van der Waals surface area (Å²) in [6.45, 7) is 2.05. The maximum absolute atomic E-state index is 6.42. The van der Waals surface area contributed by atoms with Gasteiger partial charge in [0.25, 0.3) is 0 Å². The Bertz CT molecular complexity index is 1090. The molecule has 3 aromatic rings. The SMILES string of the molecule is COc1cc(NSc2ccccc2-c2ccccc2Cl)ccc1N1C=CC(C)N=C1. The van der Waals surface area contributed by atoms with E-state index in [9.17, 15) is 0 Å². The third-order valence-electron chi connectivity index (χ3n) is 4.74. The van der Waals surface area contributed by atoms with Crippen LogP contribution in [-0.4, -0.2) is 19.5 Å². The van der Waals surface area contributed by atoms with Crippen LogP contribution in [0.25, 0.3) is 11.1 Å². The van der Waals surface area contributed by atoms with Gasteiger partial charge in [-0.1, -0.05) is 48.0 Å². The molecule has 1 atom stereocenters. The topological polar surface area (TPSA) is 36.9 Å². The number of rotatable bonds is 6. The van der Waals surface area contributed by atoms with Crippen LogP contribution in [0.5, 0.6) is 5.75 Å². The van der Waals surface area contributed by atoms with Gasteiger partial charge in [-0.15, -0.1) is 0 Å². The molecule has 0 saturated heterocycles. The van der Waals surface area contributed by atoms with Crippen LogP contribution in [0.2, 0.25) is 5.02 Å². The Hall–Kier alpha value is -2.89. The highest BCUT2D eigenvalue weighted by Gasteiger charge is 2.13. The first-order chi connectivity index (χ1) is 14.7. The molecule has 0 radical (unpaired) electrons. The lowest BCUT2D eigenvalue weighted by Gasteiger charge is -2.22. The van der Waals surface area contributed by atoms with Gasteiger partial charge in [0.05, 0.1) is 25.2 Å². The summed E-state index contributed by atoms with van der Waals surface area (Å²) in [4.78, 5) is 7.49. The Morgan fingerprint density at radius 3 is 2.53 bits per heavy atom. The number of anilines is 2. The maximum atomic E-state index is 6.42. The van der Waals surface area contributed by atoms with Crippen LogP contribution in [0.4, 0.5) is 11.4 Å². The van der Waals surface area contributed by atoms with Crippen molar-refractivity contribution in [3.63, 3.8) is 0 Å². The van der Waals surface area contributed by atoms with E-state index in [2.05, 4.69) is 21.8 Å². The fraction of sp³-hybridized carbons (Fsp3) is 0.125. The van der Waals surface area contributed by atoms with E-state index >= 15 is 0 Å². The number of hydrogen-bond acceptors (Lipinski definition) is 5. The molecule has 0 saturated carbocycles. The molecule has 4 rings (SSSR count). The van der Waals surface area contributed by atoms with Crippen molar-refractivity contribution in [2.24, 2.45) is 4.99 Å². The Balaban J connectivity index is 1.55. The first kappa shape index (κ1) is 20.4. The van der Waals surface area contributed by atoms with E-state index in [-0.39, 0.29) is 6.04 Å². The van der Waals surface area contributed by atoms with Crippen LogP contribution in [0.15, 0.2) is 88.9 Å². The van der Waals surface area contributed by atoms with Gasteiger partial charge in [-0.3, -0.25) is 4.99 Å². The number of nitrogens with zero attached hydrogens (tertiary/aromatic N) is 2. The van der Waals surface area contributed by atoms with Crippen molar-refractivity contribution >= 4 is 41.3 Å². The van der Waals surface area contributed by atoms with Gasteiger partial charge in [0, 0.05) is 33.4 Å².